The second kappa shape index (κ2) is 9.93. The highest BCUT2D eigenvalue weighted by Crippen LogP contribution is 2.24. The molecule has 1 N–H and O–H groups in total. The first-order chi connectivity index (χ1) is 17.5. The van der Waals surface area contributed by atoms with E-state index >= 15 is 0 Å². The zero-order chi connectivity index (χ0) is 25.1. The van der Waals surface area contributed by atoms with Gasteiger partial charge in [0.15, 0.2) is 12.3 Å². The van der Waals surface area contributed by atoms with Crippen LogP contribution in [0.1, 0.15) is 15.5 Å². The van der Waals surface area contributed by atoms with E-state index in [9.17, 15) is 14.4 Å². The molecule has 0 atom stereocenters. The fourth-order valence-electron chi connectivity index (χ4n) is 3.73. The number of anilines is 1. The molecule has 5 rings (SSSR count). The molecule has 0 fully saturated rings. The fraction of sp³-hybridized carbons (Fsp3) is 0.0741. The number of aromatic nitrogens is 3. The van der Waals surface area contributed by atoms with E-state index in [0.717, 1.165) is 20.9 Å². The number of rotatable bonds is 6. The van der Waals surface area contributed by atoms with Crippen molar-refractivity contribution in [2.45, 2.75) is 6.92 Å². The summed E-state index contributed by atoms with van der Waals surface area (Å²) >= 11 is 1.55. The number of amides is 1. The van der Waals surface area contributed by atoms with Gasteiger partial charge in [-0.15, -0.1) is 11.3 Å². The van der Waals surface area contributed by atoms with Gasteiger partial charge in [0.05, 0.1) is 21.8 Å². The summed E-state index contributed by atoms with van der Waals surface area (Å²) in [4.78, 5) is 42.9. The first kappa shape index (κ1) is 23.1. The molecule has 9 heteroatoms. The van der Waals surface area contributed by atoms with E-state index in [1.165, 1.54) is 0 Å². The molecule has 3 aromatic carbocycles. The Morgan fingerprint density at radius 1 is 0.972 bits per heavy atom. The average molecular weight is 497 g/mol. The van der Waals surface area contributed by atoms with E-state index in [4.69, 9.17) is 4.74 Å². The zero-order valence-electron chi connectivity index (χ0n) is 19.2. The van der Waals surface area contributed by atoms with E-state index in [-0.39, 0.29) is 11.3 Å². The topological polar surface area (TPSA) is 103 Å². The number of benzene rings is 3. The van der Waals surface area contributed by atoms with Crippen LogP contribution < -0.4 is 10.9 Å². The molecule has 0 aliphatic rings. The van der Waals surface area contributed by atoms with Crippen molar-refractivity contribution in [1.82, 2.24) is 14.8 Å². The van der Waals surface area contributed by atoms with Crippen LogP contribution in [0.5, 0.6) is 0 Å². The third kappa shape index (κ3) is 4.77. The smallest absolute Gasteiger partial charge is 0.359 e. The molecule has 178 valence electrons. The second-order valence-electron chi connectivity index (χ2n) is 7.90. The third-order valence-electron chi connectivity index (χ3n) is 5.39. The summed E-state index contributed by atoms with van der Waals surface area (Å²) in [5, 5.41) is 10.6. The van der Waals surface area contributed by atoms with Crippen LogP contribution in [-0.2, 0) is 9.53 Å². The number of aryl methyl sites for hydroxylation is 1. The fourth-order valence-corrected chi connectivity index (χ4v) is 4.36. The minimum absolute atomic E-state index is 0.0530. The van der Waals surface area contributed by atoms with Gasteiger partial charge in [-0.3, -0.25) is 9.59 Å². The van der Waals surface area contributed by atoms with Gasteiger partial charge < -0.3 is 10.1 Å². The number of nitrogens with zero attached hydrogens (tertiary/aromatic N) is 3. The highest BCUT2D eigenvalue weighted by Gasteiger charge is 2.20. The quantitative estimate of drug-likeness (QED) is 0.344. The lowest BCUT2D eigenvalue weighted by atomic mass is 10.1. The monoisotopic (exact) mass is 496 g/mol. The summed E-state index contributed by atoms with van der Waals surface area (Å²) in [6, 6.07) is 22.7. The molecule has 0 aliphatic carbocycles. The number of ether oxygens (including phenoxy) is 1. The van der Waals surface area contributed by atoms with Crippen LogP contribution in [0.2, 0.25) is 0 Å². The van der Waals surface area contributed by atoms with Crippen LogP contribution in [0.4, 0.5) is 5.69 Å². The summed E-state index contributed by atoms with van der Waals surface area (Å²) in [6.45, 7) is 1.41. The number of fused-ring (bicyclic) bond motifs is 1. The van der Waals surface area contributed by atoms with Crippen molar-refractivity contribution >= 4 is 39.7 Å². The van der Waals surface area contributed by atoms with Gasteiger partial charge in [-0.2, -0.15) is 9.78 Å². The zero-order valence-corrected chi connectivity index (χ0v) is 20.0. The SMILES string of the molecule is Cc1nc(-c2cccc(NC(=O)COC(=O)c3nn(-c4ccccc4)c(=O)c4ccccc34)c2)cs1. The molecule has 0 bridgehead atoms. The maximum Gasteiger partial charge on any atom is 0.359 e. The van der Waals surface area contributed by atoms with Crippen molar-refractivity contribution < 1.29 is 14.3 Å². The Kier molecular flexibility index (Phi) is 6.38. The van der Waals surface area contributed by atoms with Gasteiger partial charge in [0.2, 0.25) is 0 Å². The van der Waals surface area contributed by atoms with E-state index < -0.39 is 18.5 Å². The summed E-state index contributed by atoms with van der Waals surface area (Å²) in [5.41, 5.74) is 2.35. The van der Waals surface area contributed by atoms with Gasteiger partial charge in [-0.1, -0.05) is 48.5 Å². The Hall–Kier alpha value is -4.63. The van der Waals surface area contributed by atoms with Gasteiger partial charge in [0.1, 0.15) is 0 Å². The van der Waals surface area contributed by atoms with Crippen LogP contribution in [0.15, 0.2) is 89.0 Å². The lowest BCUT2D eigenvalue weighted by Crippen LogP contribution is -2.26. The Labute approximate surface area is 209 Å². The minimum Gasteiger partial charge on any atom is -0.451 e. The Morgan fingerprint density at radius 3 is 2.47 bits per heavy atom. The highest BCUT2D eigenvalue weighted by molar-refractivity contribution is 7.09. The maximum atomic E-state index is 13.0. The van der Waals surface area contributed by atoms with Crippen LogP contribution in [0, 0.1) is 6.92 Å². The first-order valence-electron chi connectivity index (χ1n) is 11.1. The van der Waals surface area contributed by atoms with Gasteiger partial charge in [0, 0.05) is 22.0 Å². The van der Waals surface area contributed by atoms with E-state index in [2.05, 4.69) is 15.4 Å². The molecule has 0 saturated carbocycles. The molecule has 2 heterocycles. The van der Waals surface area contributed by atoms with Gasteiger partial charge >= 0.3 is 5.97 Å². The van der Waals surface area contributed by atoms with Gasteiger partial charge in [0.25, 0.3) is 11.5 Å². The predicted molar refractivity (Wildman–Crippen MR) is 139 cm³/mol. The number of hydrogen-bond acceptors (Lipinski definition) is 7. The summed E-state index contributed by atoms with van der Waals surface area (Å²) in [7, 11) is 0. The van der Waals surface area contributed by atoms with Crippen molar-refractivity contribution in [2.75, 3.05) is 11.9 Å². The molecule has 1 amide bonds. The molecular weight excluding hydrogens is 476 g/mol. The lowest BCUT2D eigenvalue weighted by Gasteiger charge is -2.11. The van der Waals surface area contributed by atoms with Crippen molar-refractivity contribution in [2.24, 2.45) is 0 Å². The van der Waals surface area contributed by atoms with Crippen molar-refractivity contribution in [3.05, 3.63) is 105 Å². The Bertz CT molecular complexity index is 1640. The van der Waals surface area contributed by atoms with Crippen molar-refractivity contribution in [3.8, 4) is 16.9 Å². The molecule has 5 aromatic rings. The number of nitrogens with one attached hydrogen (secondary N) is 1. The number of esters is 1. The van der Waals surface area contributed by atoms with Gasteiger partial charge in [-0.05, 0) is 37.3 Å². The van der Waals surface area contributed by atoms with Crippen LogP contribution >= 0.6 is 11.3 Å². The summed E-state index contributed by atoms with van der Waals surface area (Å²) < 4.78 is 6.44. The van der Waals surface area contributed by atoms with Crippen molar-refractivity contribution in [1.29, 1.82) is 0 Å². The molecule has 8 nitrogen and oxygen atoms in total. The number of hydrogen-bond donors (Lipinski definition) is 1. The molecule has 0 aliphatic heterocycles. The second-order valence-corrected chi connectivity index (χ2v) is 8.97. The Morgan fingerprint density at radius 2 is 1.72 bits per heavy atom. The van der Waals surface area contributed by atoms with Crippen LogP contribution in [0.25, 0.3) is 27.7 Å². The molecular formula is C27H20N4O4S. The van der Waals surface area contributed by atoms with Gasteiger partial charge in [-0.25, -0.2) is 9.78 Å². The number of carbonyl (C=O) groups excluding carboxylic acids is 2. The average Bonchev–Trinajstić information content (AvgIpc) is 3.35. The largest absolute Gasteiger partial charge is 0.451 e. The molecule has 0 radical (unpaired) electrons. The predicted octanol–water partition coefficient (Wildman–Crippen LogP) is 4.61. The Balaban J connectivity index is 1.35. The van der Waals surface area contributed by atoms with Crippen molar-refractivity contribution in [3.63, 3.8) is 0 Å². The number of thiazole rings is 1. The van der Waals surface area contributed by atoms with E-state index in [1.54, 1.807) is 72.0 Å². The summed E-state index contributed by atoms with van der Waals surface area (Å²) in [6.07, 6.45) is 0. The van der Waals surface area contributed by atoms with E-state index in [1.807, 2.05) is 30.5 Å². The third-order valence-corrected chi connectivity index (χ3v) is 6.17. The molecule has 36 heavy (non-hydrogen) atoms. The molecule has 0 saturated heterocycles. The maximum absolute atomic E-state index is 13.0. The number of para-hydroxylation sites is 1. The van der Waals surface area contributed by atoms with E-state index in [0.29, 0.717) is 22.1 Å². The normalized spacial score (nSPS) is 10.8. The van der Waals surface area contributed by atoms with Crippen LogP contribution in [0.3, 0.4) is 0 Å². The molecule has 2 aromatic heterocycles. The van der Waals surface area contributed by atoms with Crippen LogP contribution in [-0.4, -0.2) is 33.2 Å². The highest BCUT2D eigenvalue weighted by atomic mass is 32.1. The number of carbonyl (C=O) groups is 2. The molecule has 0 unspecified atom stereocenters. The summed E-state index contributed by atoms with van der Waals surface area (Å²) in [5.74, 6) is -1.31. The standard InChI is InChI=1S/C27H20N4O4S/c1-17-28-23(16-36-17)18-8-7-9-19(14-18)29-24(32)15-35-27(34)25-21-12-5-6-13-22(21)26(33)31(30-25)20-10-3-2-4-11-20/h2-14,16H,15H2,1H3,(H,29,32). The minimum atomic E-state index is -0.808. The lowest BCUT2D eigenvalue weighted by molar-refractivity contribution is -0.119. The molecule has 0 spiro atoms. The first-order valence-corrected chi connectivity index (χ1v) is 11.9.